The maximum absolute atomic E-state index is 14.1. The standard InChI is InChI=1S/C30H24I2N2O3S/c1-3-37-28-22(31)14-17(15-23(28)32)16-25-29(35)34-27(20-10-6-7-11-24(20)36-2)21-13-12-18-8-4-5-9-19(18)26(21)33-30(34)38-25/h4-11,14-16,27H,3,12-13H2,1-2H3/b25-16+/t27-/m0/s1. The average molecular weight is 746 g/mol. The van der Waals surface area contributed by atoms with Crippen LogP contribution in [0.4, 0.5) is 0 Å². The van der Waals surface area contributed by atoms with E-state index >= 15 is 0 Å². The number of fused-ring (bicyclic) bond motifs is 3. The highest BCUT2D eigenvalue weighted by molar-refractivity contribution is 14.1. The number of nitrogens with zero attached hydrogens (tertiary/aromatic N) is 2. The van der Waals surface area contributed by atoms with Gasteiger partial charge in [-0.2, -0.15) is 0 Å². The molecular formula is C30H24I2N2O3S. The van der Waals surface area contributed by atoms with Gasteiger partial charge in [0.25, 0.3) is 5.56 Å². The van der Waals surface area contributed by atoms with Crippen LogP contribution in [0.15, 0.2) is 76.0 Å². The summed E-state index contributed by atoms with van der Waals surface area (Å²) in [5.74, 6) is 1.66. The lowest BCUT2D eigenvalue weighted by atomic mass is 9.83. The SMILES string of the molecule is CCOc1c(I)cc(/C=c2/sc3n(c2=O)[C@@H](c2ccccc2OC)C2=C(N=3)c3ccccc3CC2)cc1I. The van der Waals surface area contributed by atoms with Gasteiger partial charge in [-0.1, -0.05) is 53.8 Å². The Morgan fingerprint density at radius 2 is 1.82 bits per heavy atom. The summed E-state index contributed by atoms with van der Waals surface area (Å²) in [6.45, 7) is 2.59. The lowest BCUT2D eigenvalue weighted by Gasteiger charge is -2.31. The second-order valence-electron chi connectivity index (χ2n) is 9.10. The van der Waals surface area contributed by atoms with E-state index in [9.17, 15) is 4.79 Å². The first-order chi connectivity index (χ1) is 18.5. The highest BCUT2D eigenvalue weighted by atomic mass is 127. The molecule has 4 aromatic rings. The maximum atomic E-state index is 14.1. The monoisotopic (exact) mass is 746 g/mol. The summed E-state index contributed by atoms with van der Waals surface area (Å²) in [5, 5.41) is 0. The van der Waals surface area contributed by atoms with Crippen LogP contribution in [0, 0.1) is 7.14 Å². The van der Waals surface area contributed by atoms with Crippen molar-refractivity contribution in [2.45, 2.75) is 25.8 Å². The number of methoxy groups -OCH3 is 1. The molecule has 1 aromatic heterocycles. The highest BCUT2D eigenvalue weighted by Crippen LogP contribution is 2.43. The Morgan fingerprint density at radius 1 is 1.08 bits per heavy atom. The molecule has 8 heteroatoms. The van der Waals surface area contributed by atoms with Gasteiger partial charge in [0.05, 0.1) is 37.1 Å². The quantitative estimate of drug-likeness (QED) is 0.238. The van der Waals surface area contributed by atoms with Crippen molar-refractivity contribution >= 4 is 68.3 Å². The van der Waals surface area contributed by atoms with E-state index < -0.39 is 0 Å². The molecule has 2 heterocycles. The van der Waals surface area contributed by atoms with Crippen molar-refractivity contribution in [3.8, 4) is 11.5 Å². The maximum Gasteiger partial charge on any atom is 0.271 e. The van der Waals surface area contributed by atoms with Crippen LogP contribution in [0.2, 0.25) is 0 Å². The van der Waals surface area contributed by atoms with E-state index in [0.29, 0.717) is 15.9 Å². The van der Waals surface area contributed by atoms with Crippen LogP contribution >= 0.6 is 56.5 Å². The fourth-order valence-electron chi connectivity index (χ4n) is 5.29. The van der Waals surface area contributed by atoms with Crippen molar-refractivity contribution in [1.82, 2.24) is 4.57 Å². The minimum Gasteiger partial charge on any atom is -0.496 e. The summed E-state index contributed by atoms with van der Waals surface area (Å²) >= 11 is 6.03. The molecule has 0 spiro atoms. The molecule has 192 valence electrons. The second kappa shape index (κ2) is 10.6. The van der Waals surface area contributed by atoms with Crippen LogP contribution in [0.3, 0.4) is 0 Å². The van der Waals surface area contributed by atoms with Gasteiger partial charge in [-0.15, -0.1) is 0 Å². The van der Waals surface area contributed by atoms with E-state index in [1.165, 1.54) is 16.9 Å². The molecule has 0 bridgehead atoms. The van der Waals surface area contributed by atoms with Crippen molar-refractivity contribution in [1.29, 1.82) is 0 Å². The van der Waals surface area contributed by atoms with Gasteiger partial charge in [0.15, 0.2) is 4.80 Å². The molecule has 3 aromatic carbocycles. The van der Waals surface area contributed by atoms with Gasteiger partial charge in [0.1, 0.15) is 11.5 Å². The first-order valence-electron chi connectivity index (χ1n) is 12.4. The Balaban J connectivity index is 1.60. The smallest absolute Gasteiger partial charge is 0.271 e. The van der Waals surface area contributed by atoms with E-state index in [2.05, 4.69) is 87.6 Å². The summed E-state index contributed by atoms with van der Waals surface area (Å²) in [6.07, 6.45) is 3.74. The molecule has 0 amide bonds. The summed E-state index contributed by atoms with van der Waals surface area (Å²) in [5.41, 5.74) is 6.52. The number of rotatable bonds is 5. The van der Waals surface area contributed by atoms with Crippen LogP contribution in [-0.4, -0.2) is 18.3 Å². The van der Waals surface area contributed by atoms with Gasteiger partial charge in [0, 0.05) is 11.1 Å². The van der Waals surface area contributed by atoms with Gasteiger partial charge in [-0.25, -0.2) is 4.99 Å². The van der Waals surface area contributed by atoms with Crippen molar-refractivity contribution in [3.05, 3.63) is 115 Å². The molecular weight excluding hydrogens is 722 g/mol. The first kappa shape index (κ1) is 25.8. The van der Waals surface area contributed by atoms with Crippen LogP contribution < -0.4 is 24.4 Å². The molecule has 38 heavy (non-hydrogen) atoms. The fraction of sp³-hybridized carbons (Fsp3) is 0.200. The zero-order valence-corrected chi connectivity index (χ0v) is 26.0. The van der Waals surface area contributed by atoms with E-state index in [4.69, 9.17) is 14.5 Å². The van der Waals surface area contributed by atoms with Gasteiger partial charge in [-0.3, -0.25) is 9.36 Å². The van der Waals surface area contributed by atoms with Gasteiger partial charge in [0.2, 0.25) is 0 Å². The zero-order valence-electron chi connectivity index (χ0n) is 20.8. The van der Waals surface area contributed by atoms with E-state index in [1.807, 2.05) is 35.8 Å². The zero-order chi connectivity index (χ0) is 26.4. The predicted octanol–water partition coefficient (Wildman–Crippen LogP) is 5.94. The molecule has 5 nitrogen and oxygen atoms in total. The Kier molecular flexibility index (Phi) is 7.21. The van der Waals surface area contributed by atoms with Gasteiger partial charge < -0.3 is 9.47 Å². The minimum atomic E-state index is -0.270. The van der Waals surface area contributed by atoms with Crippen molar-refractivity contribution in [3.63, 3.8) is 0 Å². The molecule has 0 saturated carbocycles. The number of benzene rings is 3. The van der Waals surface area contributed by atoms with E-state index in [0.717, 1.165) is 59.4 Å². The molecule has 1 atom stereocenters. The summed E-state index contributed by atoms with van der Waals surface area (Å²) in [4.78, 5) is 19.9. The van der Waals surface area contributed by atoms with E-state index in [-0.39, 0.29) is 11.6 Å². The van der Waals surface area contributed by atoms with E-state index in [1.54, 1.807) is 7.11 Å². The predicted molar refractivity (Wildman–Crippen MR) is 169 cm³/mol. The molecule has 0 saturated heterocycles. The Hall–Kier alpha value is -2.44. The first-order valence-corrected chi connectivity index (χ1v) is 15.4. The molecule has 0 unspecified atom stereocenters. The second-order valence-corrected chi connectivity index (χ2v) is 12.4. The number of halogens is 2. The molecule has 0 N–H and O–H groups in total. The molecule has 6 rings (SSSR count). The third-order valence-corrected chi connectivity index (χ3v) is 9.50. The Labute approximate surface area is 251 Å². The topological polar surface area (TPSA) is 52.8 Å². The summed E-state index contributed by atoms with van der Waals surface area (Å²) in [6, 6.07) is 20.3. The van der Waals surface area contributed by atoms with Crippen molar-refractivity contribution in [2.24, 2.45) is 4.99 Å². The van der Waals surface area contributed by atoms with Crippen LogP contribution in [-0.2, 0) is 6.42 Å². The number of allylic oxidation sites excluding steroid dienone is 1. The minimum absolute atomic E-state index is 0.0334. The number of ether oxygens (including phenoxy) is 2. The van der Waals surface area contributed by atoms with Crippen LogP contribution in [0.1, 0.15) is 41.6 Å². The largest absolute Gasteiger partial charge is 0.496 e. The number of hydrogen-bond acceptors (Lipinski definition) is 5. The van der Waals surface area contributed by atoms with Crippen molar-refractivity contribution in [2.75, 3.05) is 13.7 Å². The average Bonchev–Trinajstić information content (AvgIpc) is 3.23. The van der Waals surface area contributed by atoms with Crippen molar-refractivity contribution < 1.29 is 9.47 Å². The van der Waals surface area contributed by atoms with Crippen LogP contribution in [0.25, 0.3) is 11.8 Å². The normalized spacial score (nSPS) is 16.4. The van der Waals surface area contributed by atoms with Crippen LogP contribution in [0.5, 0.6) is 11.5 Å². The third kappa shape index (κ3) is 4.44. The number of para-hydroxylation sites is 1. The lowest BCUT2D eigenvalue weighted by molar-refractivity contribution is 0.335. The highest BCUT2D eigenvalue weighted by Gasteiger charge is 2.34. The lowest BCUT2D eigenvalue weighted by Crippen LogP contribution is -2.39. The molecule has 0 fully saturated rings. The third-order valence-electron chi connectivity index (χ3n) is 6.91. The number of aryl methyl sites for hydroxylation is 1. The van der Waals surface area contributed by atoms with Gasteiger partial charge in [-0.05, 0) is 106 Å². The molecule has 0 radical (unpaired) electrons. The summed E-state index contributed by atoms with van der Waals surface area (Å²) < 4.78 is 16.2. The molecule has 2 aliphatic rings. The fourth-order valence-corrected chi connectivity index (χ4v) is 8.42. The number of hydrogen-bond donors (Lipinski definition) is 0. The Morgan fingerprint density at radius 3 is 2.58 bits per heavy atom. The Bertz CT molecular complexity index is 1760. The van der Waals surface area contributed by atoms with Gasteiger partial charge >= 0.3 is 0 Å². The molecule has 1 aliphatic carbocycles. The summed E-state index contributed by atoms with van der Waals surface area (Å²) in [7, 11) is 1.68. The number of aromatic nitrogens is 1. The number of thiazole rings is 1. The molecule has 1 aliphatic heterocycles.